The summed E-state index contributed by atoms with van der Waals surface area (Å²) in [6.45, 7) is 0. The zero-order valence-corrected chi connectivity index (χ0v) is 18.4. The van der Waals surface area contributed by atoms with Gasteiger partial charge in [-0.05, 0) is 130 Å². The van der Waals surface area contributed by atoms with Gasteiger partial charge in [-0.3, -0.25) is 0 Å². The predicted octanol–water partition coefficient (Wildman–Crippen LogP) is 7.06. The summed E-state index contributed by atoms with van der Waals surface area (Å²) in [6.07, 6.45) is 17.7. The Hall–Kier alpha value is -1.64. The molecule has 1 aromatic carbocycles. The molecule has 166 valence electrons. The fourth-order valence-electron chi connectivity index (χ4n) is 9.27. The SMILES string of the molecule is O=C(O)c1cccc(F)c1C1CCC2C(CCC3C2CCC2C4CC=CC4CCC23)C1. The van der Waals surface area contributed by atoms with E-state index in [2.05, 4.69) is 12.2 Å². The van der Waals surface area contributed by atoms with Crippen LogP contribution in [0.4, 0.5) is 4.39 Å². The molecular weight excluding hydrogens is 387 g/mol. The molecular formula is C28H35FO2. The van der Waals surface area contributed by atoms with Crippen molar-refractivity contribution in [3.05, 3.63) is 47.3 Å². The van der Waals surface area contributed by atoms with Gasteiger partial charge in [-0.25, -0.2) is 9.18 Å². The second kappa shape index (κ2) is 7.74. The van der Waals surface area contributed by atoms with E-state index in [-0.39, 0.29) is 17.3 Å². The largest absolute Gasteiger partial charge is 0.478 e. The van der Waals surface area contributed by atoms with Crippen LogP contribution >= 0.6 is 0 Å². The molecule has 0 aliphatic heterocycles. The molecule has 5 aliphatic carbocycles. The van der Waals surface area contributed by atoms with Crippen molar-refractivity contribution >= 4 is 5.97 Å². The summed E-state index contributed by atoms with van der Waals surface area (Å²) >= 11 is 0. The Morgan fingerprint density at radius 1 is 0.839 bits per heavy atom. The van der Waals surface area contributed by atoms with Gasteiger partial charge in [0.2, 0.25) is 0 Å². The number of halogens is 1. The van der Waals surface area contributed by atoms with Gasteiger partial charge in [0, 0.05) is 5.56 Å². The molecule has 5 aliphatic rings. The second-order valence-corrected chi connectivity index (χ2v) is 11.3. The van der Waals surface area contributed by atoms with E-state index in [0.29, 0.717) is 11.5 Å². The lowest BCUT2D eigenvalue weighted by Gasteiger charge is -2.57. The van der Waals surface area contributed by atoms with Crippen molar-refractivity contribution in [3.63, 3.8) is 0 Å². The van der Waals surface area contributed by atoms with Crippen LogP contribution in [0.3, 0.4) is 0 Å². The lowest BCUT2D eigenvalue weighted by Crippen LogP contribution is -2.48. The molecule has 0 amide bonds. The van der Waals surface area contributed by atoms with Gasteiger partial charge in [0.25, 0.3) is 0 Å². The Balaban J connectivity index is 1.20. The number of hydrogen-bond acceptors (Lipinski definition) is 1. The molecule has 0 bridgehead atoms. The van der Waals surface area contributed by atoms with Gasteiger partial charge in [0.15, 0.2) is 0 Å². The normalized spacial score (nSPS) is 43.5. The summed E-state index contributed by atoms with van der Waals surface area (Å²) in [5.41, 5.74) is 0.658. The lowest BCUT2D eigenvalue weighted by molar-refractivity contribution is -0.0655. The molecule has 0 heterocycles. The number of carboxylic acids is 1. The molecule has 6 rings (SSSR count). The zero-order chi connectivity index (χ0) is 21.1. The van der Waals surface area contributed by atoms with Crippen molar-refractivity contribution in [1.82, 2.24) is 0 Å². The van der Waals surface area contributed by atoms with E-state index in [1.807, 2.05) is 0 Å². The number of aromatic carboxylic acids is 1. The van der Waals surface area contributed by atoms with E-state index >= 15 is 0 Å². The molecule has 2 nitrogen and oxygen atoms in total. The van der Waals surface area contributed by atoms with E-state index in [9.17, 15) is 14.3 Å². The second-order valence-electron chi connectivity index (χ2n) is 11.3. The fraction of sp³-hybridized carbons (Fsp3) is 0.679. The smallest absolute Gasteiger partial charge is 0.336 e. The summed E-state index contributed by atoms with van der Waals surface area (Å²) in [7, 11) is 0. The molecule has 1 aromatic rings. The van der Waals surface area contributed by atoms with Crippen LogP contribution in [-0.2, 0) is 0 Å². The summed E-state index contributed by atoms with van der Waals surface area (Å²) in [5, 5.41) is 9.61. The fourth-order valence-corrected chi connectivity index (χ4v) is 9.27. The standard InChI is InChI=1S/C28H35FO2/c29-26-6-2-5-25(28(30)31)27(26)18-9-10-20-17(15-18)8-12-24-22(20)14-13-21-19-4-1-3-16(19)7-11-23(21)24/h1-3,5-6,16-24H,4,7-15H2,(H,30,31). The third-order valence-corrected chi connectivity index (χ3v) is 10.4. The first-order chi connectivity index (χ1) is 15.1. The maximum absolute atomic E-state index is 14.7. The summed E-state index contributed by atoms with van der Waals surface area (Å²) in [5.74, 6) is 5.70. The molecule has 0 radical (unpaired) electrons. The molecule has 0 spiro atoms. The highest BCUT2D eigenvalue weighted by atomic mass is 19.1. The molecule has 9 unspecified atom stereocenters. The van der Waals surface area contributed by atoms with Crippen molar-refractivity contribution in [2.75, 3.05) is 0 Å². The molecule has 31 heavy (non-hydrogen) atoms. The van der Waals surface area contributed by atoms with E-state index in [1.54, 1.807) is 6.07 Å². The first-order valence-corrected chi connectivity index (χ1v) is 12.8. The molecule has 3 heteroatoms. The van der Waals surface area contributed by atoms with Crippen molar-refractivity contribution in [1.29, 1.82) is 0 Å². The van der Waals surface area contributed by atoms with Crippen LogP contribution in [0.1, 0.15) is 86.0 Å². The maximum Gasteiger partial charge on any atom is 0.336 e. The van der Waals surface area contributed by atoms with Crippen LogP contribution in [0.15, 0.2) is 30.4 Å². The number of allylic oxidation sites excluding steroid dienone is 2. The van der Waals surface area contributed by atoms with Gasteiger partial charge in [0.05, 0.1) is 5.56 Å². The lowest BCUT2D eigenvalue weighted by atomic mass is 9.48. The Morgan fingerprint density at radius 3 is 2.32 bits per heavy atom. The first-order valence-electron chi connectivity index (χ1n) is 12.8. The van der Waals surface area contributed by atoms with Crippen molar-refractivity contribution in [3.8, 4) is 0 Å². The predicted molar refractivity (Wildman–Crippen MR) is 119 cm³/mol. The third-order valence-electron chi connectivity index (χ3n) is 10.4. The van der Waals surface area contributed by atoms with E-state index in [0.717, 1.165) is 60.7 Å². The molecule has 0 aromatic heterocycles. The minimum atomic E-state index is -0.990. The summed E-state index contributed by atoms with van der Waals surface area (Å²) in [6, 6.07) is 4.56. The van der Waals surface area contributed by atoms with Gasteiger partial charge in [-0.1, -0.05) is 18.2 Å². The van der Waals surface area contributed by atoms with Crippen LogP contribution in [0.2, 0.25) is 0 Å². The average Bonchev–Trinajstić information content (AvgIpc) is 3.27. The average molecular weight is 423 g/mol. The highest BCUT2D eigenvalue weighted by molar-refractivity contribution is 5.89. The molecule has 4 saturated carbocycles. The van der Waals surface area contributed by atoms with Gasteiger partial charge in [0.1, 0.15) is 5.82 Å². The monoisotopic (exact) mass is 422 g/mol. The minimum absolute atomic E-state index is 0.0708. The third kappa shape index (κ3) is 3.21. The van der Waals surface area contributed by atoms with Crippen molar-refractivity contribution in [2.24, 2.45) is 47.3 Å². The van der Waals surface area contributed by atoms with Crippen molar-refractivity contribution < 1.29 is 14.3 Å². The van der Waals surface area contributed by atoms with Crippen LogP contribution < -0.4 is 0 Å². The van der Waals surface area contributed by atoms with Crippen molar-refractivity contribution in [2.45, 2.75) is 70.1 Å². The molecule has 0 saturated heterocycles. The quantitative estimate of drug-likeness (QED) is 0.518. The number of fused-ring (bicyclic) bond motifs is 7. The summed E-state index contributed by atoms with van der Waals surface area (Å²) in [4.78, 5) is 11.7. The Bertz CT molecular complexity index is 891. The number of carboxylic acid groups (broad SMARTS) is 1. The van der Waals surface area contributed by atoms with Crippen LogP contribution in [0.5, 0.6) is 0 Å². The topological polar surface area (TPSA) is 37.3 Å². The Morgan fingerprint density at radius 2 is 1.52 bits per heavy atom. The molecule has 4 fully saturated rings. The summed E-state index contributed by atoms with van der Waals surface area (Å²) < 4.78 is 14.7. The minimum Gasteiger partial charge on any atom is -0.478 e. The Kier molecular flexibility index (Phi) is 5.00. The number of hydrogen-bond donors (Lipinski definition) is 1. The van der Waals surface area contributed by atoms with Crippen LogP contribution in [-0.4, -0.2) is 11.1 Å². The van der Waals surface area contributed by atoms with Gasteiger partial charge in [-0.15, -0.1) is 0 Å². The van der Waals surface area contributed by atoms with Gasteiger partial charge in [-0.2, -0.15) is 0 Å². The number of benzene rings is 1. The van der Waals surface area contributed by atoms with Gasteiger partial charge < -0.3 is 5.11 Å². The molecule has 1 N–H and O–H groups in total. The number of carbonyl (C=O) groups is 1. The Labute approximate surface area is 185 Å². The van der Waals surface area contributed by atoms with Crippen LogP contribution in [0.25, 0.3) is 0 Å². The maximum atomic E-state index is 14.7. The van der Waals surface area contributed by atoms with Gasteiger partial charge >= 0.3 is 5.97 Å². The number of rotatable bonds is 2. The van der Waals surface area contributed by atoms with Crippen LogP contribution in [0, 0.1) is 53.2 Å². The molecule has 9 atom stereocenters. The van der Waals surface area contributed by atoms with E-state index in [4.69, 9.17) is 0 Å². The first kappa shape index (κ1) is 20.0. The zero-order valence-electron chi connectivity index (χ0n) is 18.4. The van der Waals surface area contributed by atoms with E-state index in [1.165, 1.54) is 57.1 Å². The van der Waals surface area contributed by atoms with E-state index < -0.39 is 5.97 Å². The highest BCUT2D eigenvalue weighted by Gasteiger charge is 2.52. The highest BCUT2D eigenvalue weighted by Crippen LogP contribution is 2.61.